The molecular formula is C13H16F3N3O2. The second-order valence-corrected chi connectivity index (χ2v) is 4.96. The summed E-state index contributed by atoms with van der Waals surface area (Å²) in [7, 11) is 1.41. The molecule has 1 aliphatic rings. The molecular weight excluding hydrogens is 287 g/mol. The number of hydrogen-bond donors (Lipinski definition) is 1. The number of rotatable bonds is 3. The number of carbonyl (C=O) groups is 1. The highest BCUT2D eigenvalue weighted by Gasteiger charge is 2.46. The molecule has 1 N–H and O–H groups in total. The lowest BCUT2D eigenvalue weighted by Crippen LogP contribution is -2.51. The molecule has 2 rings (SSSR count). The van der Waals surface area contributed by atoms with Crippen LogP contribution in [0.2, 0.25) is 0 Å². The van der Waals surface area contributed by atoms with Crippen molar-refractivity contribution < 1.29 is 22.7 Å². The summed E-state index contributed by atoms with van der Waals surface area (Å²) in [4.78, 5) is 16.8. The molecule has 1 aromatic heterocycles. The van der Waals surface area contributed by atoms with Crippen molar-refractivity contribution in [2.45, 2.75) is 24.9 Å². The van der Waals surface area contributed by atoms with Crippen LogP contribution in [0.15, 0.2) is 18.5 Å². The molecule has 2 heterocycles. The first-order valence-electron chi connectivity index (χ1n) is 6.41. The molecule has 21 heavy (non-hydrogen) atoms. The number of alkyl halides is 2. The highest BCUT2D eigenvalue weighted by molar-refractivity contribution is 5.75. The monoisotopic (exact) mass is 303 g/mol. The molecule has 1 saturated heterocycles. The Bertz CT molecular complexity index is 527. The molecule has 1 aliphatic heterocycles. The number of ether oxygens (including phenoxy) is 1. The van der Waals surface area contributed by atoms with Crippen molar-refractivity contribution in [3.05, 3.63) is 29.8 Å². The predicted molar refractivity (Wildman–Crippen MR) is 68.5 cm³/mol. The van der Waals surface area contributed by atoms with Crippen molar-refractivity contribution >= 4 is 6.03 Å². The van der Waals surface area contributed by atoms with Gasteiger partial charge in [0, 0.05) is 18.8 Å². The zero-order chi connectivity index (χ0) is 15.6. The minimum absolute atomic E-state index is 0.245. The number of pyridine rings is 1. The van der Waals surface area contributed by atoms with Crippen LogP contribution in [0.4, 0.5) is 18.0 Å². The van der Waals surface area contributed by atoms with Crippen molar-refractivity contribution in [1.29, 1.82) is 0 Å². The molecule has 116 valence electrons. The van der Waals surface area contributed by atoms with Crippen molar-refractivity contribution in [2.24, 2.45) is 0 Å². The van der Waals surface area contributed by atoms with Gasteiger partial charge in [-0.15, -0.1) is 0 Å². The second kappa shape index (κ2) is 5.88. The second-order valence-electron chi connectivity index (χ2n) is 4.96. The standard InChI is InChI=1S/C13H16F3N3O2/c1-8(9-3-4-17-5-10(9)14)19(2)12(20)18-11-6-21-7-13(11,15)16/h3-5,8,11H,6-7H2,1-2H3,(H,18,20)/t8-,11-/m1/s1. The van der Waals surface area contributed by atoms with E-state index < -0.39 is 36.5 Å². The number of hydrogen-bond acceptors (Lipinski definition) is 3. The fourth-order valence-electron chi connectivity index (χ4n) is 2.04. The lowest BCUT2D eigenvalue weighted by Gasteiger charge is -2.28. The van der Waals surface area contributed by atoms with E-state index in [0.29, 0.717) is 0 Å². The summed E-state index contributed by atoms with van der Waals surface area (Å²) in [6, 6.07) is -1.27. The third kappa shape index (κ3) is 3.26. The Morgan fingerprint density at radius 1 is 1.62 bits per heavy atom. The summed E-state index contributed by atoms with van der Waals surface area (Å²) in [5.74, 6) is -3.65. The minimum atomic E-state index is -3.10. The normalized spacial score (nSPS) is 21.9. The fourth-order valence-corrected chi connectivity index (χ4v) is 2.04. The highest BCUT2D eigenvalue weighted by atomic mass is 19.3. The summed E-state index contributed by atoms with van der Waals surface area (Å²) in [5.41, 5.74) is 0.261. The van der Waals surface area contributed by atoms with Crippen LogP contribution in [-0.4, -0.2) is 48.1 Å². The molecule has 1 aromatic rings. The van der Waals surface area contributed by atoms with E-state index in [-0.39, 0.29) is 12.2 Å². The molecule has 2 atom stereocenters. The van der Waals surface area contributed by atoms with Crippen LogP contribution in [0.3, 0.4) is 0 Å². The largest absolute Gasteiger partial charge is 0.373 e. The lowest BCUT2D eigenvalue weighted by atomic mass is 10.1. The van der Waals surface area contributed by atoms with Crippen molar-refractivity contribution in [1.82, 2.24) is 15.2 Å². The van der Waals surface area contributed by atoms with Gasteiger partial charge >= 0.3 is 6.03 Å². The van der Waals surface area contributed by atoms with E-state index >= 15 is 0 Å². The quantitative estimate of drug-likeness (QED) is 0.928. The first-order chi connectivity index (χ1) is 9.83. The van der Waals surface area contributed by atoms with Gasteiger partial charge in [-0.05, 0) is 13.0 Å². The van der Waals surface area contributed by atoms with Crippen LogP contribution < -0.4 is 5.32 Å². The summed E-state index contributed by atoms with van der Waals surface area (Å²) in [5, 5.41) is 2.21. The topological polar surface area (TPSA) is 54.5 Å². The number of amides is 2. The molecule has 2 amide bonds. The molecule has 0 bridgehead atoms. The molecule has 0 unspecified atom stereocenters. The number of carbonyl (C=O) groups excluding carboxylic acids is 1. The van der Waals surface area contributed by atoms with Gasteiger partial charge in [0.05, 0.1) is 18.8 Å². The average molecular weight is 303 g/mol. The van der Waals surface area contributed by atoms with Crippen LogP contribution >= 0.6 is 0 Å². The number of halogens is 3. The number of aromatic nitrogens is 1. The Labute approximate surface area is 120 Å². The summed E-state index contributed by atoms with van der Waals surface area (Å²) in [6.45, 7) is 0.641. The summed E-state index contributed by atoms with van der Waals surface area (Å²) < 4.78 is 45.1. The number of nitrogens with zero attached hydrogens (tertiary/aromatic N) is 2. The van der Waals surface area contributed by atoms with E-state index in [1.807, 2.05) is 0 Å². The number of urea groups is 1. The van der Waals surface area contributed by atoms with Gasteiger partial charge in [-0.1, -0.05) is 0 Å². The summed E-state index contributed by atoms with van der Waals surface area (Å²) >= 11 is 0. The van der Waals surface area contributed by atoms with E-state index in [2.05, 4.69) is 15.0 Å². The Kier molecular flexibility index (Phi) is 4.36. The maximum atomic E-state index is 13.6. The Balaban J connectivity index is 2.04. The maximum absolute atomic E-state index is 13.6. The van der Waals surface area contributed by atoms with Gasteiger partial charge in [0.1, 0.15) is 18.5 Å². The molecule has 1 fully saturated rings. The van der Waals surface area contributed by atoms with Gasteiger partial charge in [0.2, 0.25) is 0 Å². The molecule has 0 aromatic carbocycles. The third-order valence-electron chi connectivity index (χ3n) is 3.54. The summed E-state index contributed by atoms with van der Waals surface area (Å²) in [6.07, 6.45) is 2.44. The molecule has 0 radical (unpaired) electrons. The first kappa shape index (κ1) is 15.6. The maximum Gasteiger partial charge on any atom is 0.318 e. The molecule has 0 saturated carbocycles. The predicted octanol–water partition coefficient (Wildman–Crippen LogP) is 1.96. The van der Waals surface area contributed by atoms with E-state index in [4.69, 9.17) is 0 Å². The van der Waals surface area contributed by atoms with E-state index in [1.54, 1.807) is 6.92 Å². The zero-order valence-electron chi connectivity index (χ0n) is 11.6. The van der Waals surface area contributed by atoms with Crippen LogP contribution in [0.1, 0.15) is 18.5 Å². The van der Waals surface area contributed by atoms with E-state index in [9.17, 15) is 18.0 Å². The molecule has 0 aliphatic carbocycles. The van der Waals surface area contributed by atoms with Crippen LogP contribution in [0.25, 0.3) is 0 Å². The van der Waals surface area contributed by atoms with Gasteiger partial charge in [-0.3, -0.25) is 4.98 Å². The van der Waals surface area contributed by atoms with Crippen molar-refractivity contribution in [2.75, 3.05) is 20.3 Å². The smallest absolute Gasteiger partial charge is 0.318 e. The highest BCUT2D eigenvalue weighted by Crippen LogP contribution is 2.26. The first-order valence-corrected chi connectivity index (χ1v) is 6.41. The Morgan fingerprint density at radius 3 is 2.90 bits per heavy atom. The lowest BCUT2D eigenvalue weighted by molar-refractivity contribution is -0.0223. The van der Waals surface area contributed by atoms with Gasteiger partial charge in [-0.2, -0.15) is 0 Å². The van der Waals surface area contributed by atoms with E-state index in [0.717, 1.165) is 11.1 Å². The fraction of sp³-hybridized carbons (Fsp3) is 0.538. The average Bonchev–Trinajstić information content (AvgIpc) is 2.77. The van der Waals surface area contributed by atoms with Gasteiger partial charge in [0.25, 0.3) is 5.92 Å². The van der Waals surface area contributed by atoms with Crippen molar-refractivity contribution in [3.8, 4) is 0 Å². The van der Waals surface area contributed by atoms with Gasteiger partial charge < -0.3 is 15.0 Å². The van der Waals surface area contributed by atoms with E-state index in [1.165, 1.54) is 19.3 Å². The Hall–Kier alpha value is -1.83. The SMILES string of the molecule is C[C@H](c1ccncc1F)N(C)C(=O)N[C@@H]1COCC1(F)F. The Morgan fingerprint density at radius 2 is 2.33 bits per heavy atom. The molecule has 5 nitrogen and oxygen atoms in total. The number of nitrogens with one attached hydrogen (secondary N) is 1. The van der Waals surface area contributed by atoms with Gasteiger partial charge in [-0.25, -0.2) is 18.0 Å². The van der Waals surface area contributed by atoms with Crippen LogP contribution in [-0.2, 0) is 4.74 Å². The van der Waals surface area contributed by atoms with Crippen molar-refractivity contribution in [3.63, 3.8) is 0 Å². The zero-order valence-corrected chi connectivity index (χ0v) is 11.6. The molecule has 0 spiro atoms. The molecule has 8 heteroatoms. The van der Waals surface area contributed by atoms with Gasteiger partial charge in [0.15, 0.2) is 0 Å². The van der Waals surface area contributed by atoms with Crippen LogP contribution in [0.5, 0.6) is 0 Å². The van der Waals surface area contributed by atoms with Crippen LogP contribution in [0, 0.1) is 5.82 Å². The third-order valence-corrected chi connectivity index (χ3v) is 3.54. The minimum Gasteiger partial charge on any atom is -0.373 e.